The van der Waals surface area contributed by atoms with Crippen molar-refractivity contribution < 1.29 is 8.94 Å². The number of nitrogens with zero attached hydrogens (tertiary/aromatic N) is 2. The zero-order valence-corrected chi connectivity index (χ0v) is 12.3. The summed E-state index contributed by atoms with van der Waals surface area (Å²) in [6.45, 7) is 6.06. The van der Waals surface area contributed by atoms with E-state index in [9.17, 15) is 0 Å². The molecule has 2 N–H and O–H groups in total. The molecule has 1 aliphatic carbocycles. The van der Waals surface area contributed by atoms with Gasteiger partial charge in [0.05, 0.1) is 11.1 Å². The summed E-state index contributed by atoms with van der Waals surface area (Å²) in [4.78, 5) is 4.51. The van der Waals surface area contributed by atoms with Gasteiger partial charge in [0, 0.05) is 0 Å². The van der Waals surface area contributed by atoms with E-state index >= 15 is 0 Å². The topological polar surface area (TPSA) is 78.1 Å². The summed E-state index contributed by atoms with van der Waals surface area (Å²) in [7, 11) is 0. The number of aryl methyl sites for hydroxylation is 2. The van der Waals surface area contributed by atoms with Gasteiger partial charge in [0.25, 0.3) is 5.89 Å². The summed E-state index contributed by atoms with van der Waals surface area (Å²) in [5.41, 5.74) is 6.88. The average Bonchev–Trinajstić information content (AvgIpc) is 3.00. The normalized spacial score (nSPS) is 26.9. The molecule has 0 saturated heterocycles. The first-order valence-electron chi connectivity index (χ1n) is 7.18. The van der Waals surface area contributed by atoms with Crippen LogP contribution in [-0.2, 0) is 5.54 Å². The van der Waals surface area contributed by atoms with Crippen molar-refractivity contribution in [2.24, 2.45) is 11.7 Å². The van der Waals surface area contributed by atoms with E-state index in [-0.39, 0.29) is 0 Å². The highest BCUT2D eigenvalue weighted by Gasteiger charge is 2.36. The molecule has 1 saturated carbocycles. The first-order chi connectivity index (χ1) is 9.48. The van der Waals surface area contributed by atoms with Crippen molar-refractivity contribution in [1.82, 2.24) is 10.1 Å². The second kappa shape index (κ2) is 4.74. The third kappa shape index (κ3) is 2.26. The van der Waals surface area contributed by atoms with E-state index in [4.69, 9.17) is 14.7 Å². The first kappa shape index (κ1) is 13.4. The maximum atomic E-state index is 6.47. The maximum Gasteiger partial charge on any atom is 0.261 e. The second-order valence-corrected chi connectivity index (χ2v) is 6.09. The van der Waals surface area contributed by atoms with Crippen LogP contribution in [0.5, 0.6) is 0 Å². The van der Waals surface area contributed by atoms with E-state index in [1.807, 2.05) is 19.9 Å². The van der Waals surface area contributed by atoms with Crippen LogP contribution in [0.15, 0.2) is 15.0 Å². The van der Waals surface area contributed by atoms with Gasteiger partial charge in [0.2, 0.25) is 0 Å². The van der Waals surface area contributed by atoms with Gasteiger partial charge < -0.3 is 14.7 Å². The van der Waals surface area contributed by atoms with Crippen molar-refractivity contribution >= 4 is 0 Å². The van der Waals surface area contributed by atoms with Crippen molar-refractivity contribution in [2.45, 2.75) is 52.0 Å². The third-order valence-electron chi connectivity index (χ3n) is 4.31. The first-order valence-corrected chi connectivity index (χ1v) is 7.18. The highest BCUT2D eigenvalue weighted by molar-refractivity contribution is 5.56. The molecule has 0 amide bonds. The van der Waals surface area contributed by atoms with E-state index in [1.165, 1.54) is 0 Å². The molecule has 1 fully saturated rings. The van der Waals surface area contributed by atoms with Gasteiger partial charge in [-0.1, -0.05) is 12.1 Å². The minimum absolute atomic E-state index is 0.444. The van der Waals surface area contributed by atoms with Crippen molar-refractivity contribution in [1.29, 1.82) is 0 Å². The van der Waals surface area contributed by atoms with Gasteiger partial charge in [-0.15, -0.1) is 0 Å². The molecule has 20 heavy (non-hydrogen) atoms. The molecular formula is C15H21N3O2. The van der Waals surface area contributed by atoms with Gasteiger partial charge >= 0.3 is 0 Å². The summed E-state index contributed by atoms with van der Waals surface area (Å²) >= 11 is 0. The Balaban J connectivity index is 1.89. The Kier molecular flexibility index (Phi) is 3.17. The number of aromatic nitrogens is 2. The molecule has 3 rings (SSSR count). The number of nitrogens with two attached hydrogens (primary N) is 1. The lowest BCUT2D eigenvalue weighted by atomic mass is 9.77. The van der Waals surface area contributed by atoms with E-state index in [1.54, 1.807) is 0 Å². The van der Waals surface area contributed by atoms with Crippen LogP contribution in [0, 0.1) is 19.8 Å². The molecule has 108 valence electrons. The highest BCUT2D eigenvalue weighted by Crippen LogP contribution is 2.37. The minimum Gasteiger partial charge on any atom is -0.466 e. The second-order valence-electron chi connectivity index (χ2n) is 6.09. The summed E-state index contributed by atoms with van der Waals surface area (Å²) in [6.07, 6.45) is 4.06. The van der Waals surface area contributed by atoms with E-state index in [2.05, 4.69) is 17.1 Å². The molecule has 5 heteroatoms. The third-order valence-corrected chi connectivity index (χ3v) is 4.31. The molecule has 0 aliphatic heterocycles. The summed E-state index contributed by atoms with van der Waals surface area (Å²) in [5.74, 6) is 3.49. The van der Waals surface area contributed by atoms with Crippen molar-refractivity contribution in [2.75, 3.05) is 0 Å². The summed E-state index contributed by atoms with van der Waals surface area (Å²) in [5, 5.41) is 4.11. The Hall–Kier alpha value is -1.62. The van der Waals surface area contributed by atoms with Crippen LogP contribution >= 0.6 is 0 Å². The molecule has 5 nitrogen and oxygen atoms in total. The fourth-order valence-corrected chi connectivity index (χ4v) is 2.88. The number of rotatable bonds is 2. The van der Waals surface area contributed by atoms with Gasteiger partial charge in [-0.2, -0.15) is 4.98 Å². The lowest BCUT2D eigenvalue weighted by molar-refractivity contribution is 0.230. The predicted molar refractivity (Wildman–Crippen MR) is 75.0 cm³/mol. The monoisotopic (exact) mass is 275 g/mol. The van der Waals surface area contributed by atoms with Crippen molar-refractivity contribution in [3.05, 3.63) is 23.4 Å². The molecule has 1 aliphatic rings. The molecule has 0 radical (unpaired) electrons. The minimum atomic E-state index is -0.444. The number of furan rings is 1. The molecule has 0 unspecified atom stereocenters. The molecular weight excluding hydrogens is 254 g/mol. The van der Waals surface area contributed by atoms with Crippen LogP contribution in [-0.4, -0.2) is 10.1 Å². The smallest absolute Gasteiger partial charge is 0.261 e. The van der Waals surface area contributed by atoms with E-state index in [0.717, 1.165) is 48.7 Å². The van der Waals surface area contributed by atoms with Crippen LogP contribution in [0.4, 0.5) is 0 Å². The van der Waals surface area contributed by atoms with Gasteiger partial charge in [0.15, 0.2) is 5.82 Å². The van der Waals surface area contributed by atoms with Crippen LogP contribution in [0.3, 0.4) is 0 Å². The van der Waals surface area contributed by atoms with E-state index in [0.29, 0.717) is 11.7 Å². The fraction of sp³-hybridized carbons (Fsp3) is 0.600. The summed E-state index contributed by atoms with van der Waals surface area (Å²) in [6, 6.07) is 1.92. The zero-order valence-electron chi connectivity index (χ0n) is 12.3. The standard InChI is InChI=1S/C15H21N3O2/c1-9-4-6-15(16,7-5-9)14-17-13(20-18-14)12-8-10(2)19-11(12)3/h8-9H,4-7,16H2,1-3H3. The maximum absolute atomic E-state index is 6.47. The Morgan fingerprint density at radius 2 is 2.00 bits per heavy atom. The molecule has 2 aromatic heterocycles. The fourth-order valence-electron chi connectivity index (χ4n) is 2.88. The average molecular weight is 275 g/mol. The molecule has 0 atom stereocenters. The Labute approximate surface area is 118 Å². The van der Waals surface area contributed by atoms with Crippen LogP contribution in [0.1, 0.15) is 50.0 Å². The van der Waals surface area contributed by atoms with Crippen LogP contribution in [0.25, 0.3) is 11.5 Å². The molecule has 0 bridgehead atoms. The Morgan fingerprint density at radius 1 is 1.30 bits per heavy atom. The quantitative estimate of drug-likeness (QED) is 0.909. The van der Waals surface area contributed by atoms with Gasteiger partial charge in [-0.3, -0.25) is 0 Å². The van der Waals surface area contributed by atoms with Crippen LogP contribution < -0.4 is 5.73 Å². The Morgan fingerprint density at radius 3 is 2.60 bits per heavy atom. The number of hydrogen-bond acceptors (Lipinski definition) is 5. The molecule has 2 heterocycles. The number of hydrogen-bond donors (Lipinski definition) is 1. The van der Waals surface area contributed by atoms with E-state index < -0.39 is 5.54 Å². The van der Waals surface area contributed by atoms with Gasteiger partial charge in [-0.25, -0.2) is 0 Å². The summed E-state index contributed by atoms with van der Waals surface area (Å²) < 4.78 is 10.9. The zero-order chi connectivity index (χ0) is 14.3. The molecule has 2 aromatic rings. The highest BCUT2D eigenvalue weighted by atomic mass is 16.5. The predicted octanol–water partition coefficient (Wildman–Crippen LogP) is 3.31. The Bertz CT molecular complexity index is 606. The molecule has 0 aromatic carbocycles. The largest absolute Gasteiger partial charge is 0.466 e. The van der Waals surface area contributed by atoms with Gasteiger partial charge in [0.1, 0.15) is 11.5 Å². The SMILES string of the molecule is Cc1cc(-c2nc(C3(N)CCC(C)CC3)no2)c(C)o1. The lowest BCUT2D eigenvalue weighted by Gasteiger charge is -2.33. The molecule has 0 spiro atoms. The van der Waals surface area contributed by atoms with Gasteiger partial charge in [-0.05, 0) is 51.5 Å². The van der Waals surface area contributed by atoms with Crippen molar-refractivity contribution in [3.63, 3.8) is 0 Å². The van der Waals surface area contributed by atoms with Crippen LogP contribution in [0.2, 0.25) is 0 Å². The lowest BCUT2D eigenvalue weighted by Crippen LogP contribution is -2.41. The van der Waals surface area contributed by atoms with Crippen molar-refractivity contribution in [3.8, 4) is 11.5 Å².